The van der Waals surface area contributed by atoms with Gasteiger partial charge in [-0.1, -0.05) is 5.17 Å². The molecule has 0 saturated heterocycles. The second-order valence-corrected chi connectivity index (χ2v) is 6.38. The quantitative estimate of drug-likeness (QED) is 0.185. The van der Waals surface area contributed by atoms with Crippen LogP contribution in [0.15, 0.2) is 18.2 Å². The number of rotatable bonds is 12. The predicted octanol–water partition coefficient (Wildman–Crippen LogP) is 1.82. The highest BCUT2D eigenvalue weighted by Crippen LogP contribution is 2.30. The first-order valence-electron chi connectivity index (χ1n) is 9.12. The van der Waals surface area contributed by atoms with E-state index >= 15 is 0 Å². The van der Waals surface area contributed by atoms with E-state index in [2.05, 4.69) is 0 Å². The molecule has 31 heavy (non-hydrogen) atoms. The summed E-state index contributed by atoms with van der Waals surface area (Å²) in [5.41, 5.74) is 4.83. The summed E-state index contributed by atoms with van der Waals surface area (Å²) in [4.78, 5) is 45.7. The van der Waals surface area contributed by atoms with Crippen LogP contribution >= 0.6 is 0 Å². The molecule has 0 heterocycles. The molecule has 14 heteroatoms. The van der Waals surface area contributed by atoms with Gasteiger partial charge in [0.25, 0.3) is 11.4 Å². The van der Waals surface area contributed by atoms with Crippen molar-refractivity contribution >= 4 is 23.3 Å². The molecule has 1 unspecified atom stereocenters. The van der Waals surface area contributed by atoms with Crippen LogP contribution in [0, 0.1) is 31.6 Å². The average molecular weight is 438 g/mol. The zero-order valence-corrected chi connectivity index (χ0v) is 16.6. The maximum absolute atomic E-state index is 13.1. The molecule has 0 aliphatic carbocycles. The number of hydrogen-bond donors (Lipinski definition) is 3. The van der Waals surface area contributed by atoms with Crippen LogP contribution in [-0.4, -0.2) is 50.8 Å². The van der Waals surface area contributed by atoms with Gasteiger partial charge in [-0.15, -0.1) is 0 Å². The Hall–Kier alpha value is -3.67. The minimum atomic E-state index is -1.61. The van der Waals surface area contributed by atoms with Crippen molar-refractivity contribution in [3.8, 4) is 6.07 Å². The fraction of sp³-hybridized carbons (Fsp3) is 0.471. The van der Waals surface area contributed by atoms with Gasteiger partial charge in [0, 0.05) is 12.1 Å². The van der Waals surface area contributed by atoms with Crippen molar-refractivity contribution in [2.24, 2.45) is 5.73 Å². The molecule has 0 aromatic heterocycles. The molecule has 0 spiro atoms. The summed E-state index contributed by atoms with van der Waals surface area (Å²) < 4.78 is 4.82. The van der Waals surface area contributed by atoms with Crippen molar-refractivity contribution in [3.63, 3.8) is 0 Å². The van der Waals surface area contributed by atoms with Gasteiger partial charge in [-0.2, -0.15) is 5.26 Å². The third kappa shape index (κ3) is 7.26. The number of carbonyl (C=O) groups is 2. The van der Waals surface area contributed by atoms with E-state index in [1.165, 1.54) is 6.92 Å². The number of Topliss-reactive ketones (excluding diaryl/α,β-unsaturated/α-hetero) is 1. The number of amides is 1. The first-order chi connectivity index (χ1) is 14.6. The highest BCUT2D eigenvalue weighted by Gasteiger charge is 2.37. The monoisotopic (exact) mass is 438 g/mol. The van der Waals surface area contributed by atoms with Crippen molar-refractivity contribution in [1.29, 1.82) is 5.26 Å². The minimum Gasteiger partial charge on any atom is -0.444 e. The fourth-order valence-electron chi connectivity index (χ4n) is 2.65. The van der Waals surface area contributed by atoms with Gasteiger partial charge in [0.1, 0.15) is 12.1 Å². The molecule has 2 atom stereocenters. The largest absolute Gasteiger partial charge is 0.444 e. The molecule has 1 amide bonds. The van der Waals surface area contributed by atoms with Crippen molar-refractivity contribution < 1.29 is 29.4 Å². The van der Waals surface area contributed by atoms with Gasteiger partial charge in [-0.25, -0.2) is 10.2 Å². The normalized spacial score (nSPS) is 12.5. The summed E-state index contributed by atoms with van der Waals surface area (Å²) in [6.45, 7) is 1.67. The third-order valence-electron chi connectivity index (χ3n) is 4.08. The maximum Gasteiger partial charge on any atom is 0.423 e. The van der Waals surface area contributed by atoms with Crippen LogP contribution in [0.2, 0.25) is 0 Å². The Morgan fingerprint density at radius 1 is 1.29 bits per heavy atom. The molecule has 168 valence electrons. The maximum atomic E-state index is 13.1. The number of nitrogens with two attached hydrogens (primary N) is 1. The minimum absolute atomic E-state index is 0.0841. The summed E-state index contributed by atoms with van der Waals surface area (Å²) >= 11 is 0. The molecule has 0 aliphatic rings. The number of nitro groups is 2. The SMILES string of the molecule is CC(CC#N)OC(=O)NN(O)[C@@H](CCCCN)C(=O)c1c([N+](=O)[O-])cccc1[N+](=O)[O-]. The van der Waals surface area contributed by atoms with E-state index < -0.39 is 50.8 Å². The average Bonchev–Trinajstić information content (AvgIpc) is 2.69. The zero-order chi connectivity index (χ0) is 23.6. The number of hydroxylamine groups is 1. The fourth-order valence-corrected chi connectivity index (χ4v) is 2.65. The predicted molar refractivity (Wildman–Crippen MR) is 104 cm³/mol. The number of benzene rings is 1. The van der Waals surface area contributed by atoms with Crippen LogP contribution in [-0.2, 0) is 4.74 Å². The Labute approximate surface area is 176 Å². The van der Waals surface area contributed by atoms with E-state index in [1.807, 2.05) is 5.43 Å². The van der Waals surface area contributed by atoms with Crippen LogP contribution in [0.1, 0.15) is 43.0 Å². The van der Waals surface area contributed by atoms with E-state index in [0.29, 0.717) is 6.42 Å². The van der Waals surface area contributed by atoms with Crippen LogP contribution in [0.25, 0.3) is 0 Å². The summed E-state index contributed by atoms with van der Waals surface area (Å²) in [7, 11) is 0. The molecule has 4 N–H and O–H groups in total. The topological polar surface area (TPSA) is 215 Å². The Bertz CT molecular complexity index is 838. The van der Waals surface area contributed by atoms with E-state index in [0.717, 1.165) is 18.2 Å². The molecule has 0 fully saturated rings. The highest BCUT2D eigenvalue weighted by atomic mass is 16.6. The number of nitriles is 1. The van der Waals surface area contributed by atoms with E-state index in [-0.39, 0.29) is 31.0 Å². The molecule has 1 rings (SSSR count). The van der Waals surface area contributed by atoms with Gasteiger partial charge >= 0.3 is 6.09 Å². The Morgan fingerprint density at radius 3 is 2.35 bits per heavy atom. The Morgan fingerprint density at radius 2 is 1.87 bits per heavy atom. The van der Waals surface area contributed by atoms with E-state index in [1.54, 1.807) is 6.07 Å². The first-order valence-corrected chi connectivity index (χ1v) is 9.12. The van der Waals surface area contributed by atoms with Crippen molar-refractivity contribution in [3.05, 3.63) is 44.0 Å². The first kappa shape index (κ1) is 25.4. The van der Waals surface area contributed by atoms with Crippen LogP contribution in [0.3, 0.4) is 0 Å². The van der Waals surface area contributed by atoms with Crippen molar-refractivity contribution in [1.82, 2.24) is 10.6 Å². The summed E-state index contributed by atoms with van der Waals surface area (Å²) in [6, 6.07) is 3.07. The number of ether oxygens (including phenoxy) is 1. The van der Waals surface area contributed by atoms with E-state index in [9.17, 15) is 35.0 Å². The number of nitrogens with one attached hydrogen (secondary N) is 1. The van der Waals surface area contributed by atoms with Gasteiger partial charge in [0.05, 0.1) is 22.3 Å². The summed E-state index contributed by atoms with van der Waals surface area (Å²) in [5, 5.41) is 41.6. The summed E-state index contributed by atoms with van der Waals surface area (Å²) in [5.74, 6) is -1.15. The number of nitrogens with zero attached hydrogens (tertiary/aromatic N) is 4. The van der Waals surface area contributed by atoms with Gasteiger partial charge in [-0.3, -0.25) is 30.2 Å². The second-order valence-electron chi connectivity index (χ2n) is 6.38. The van der Waals surface area contributed by atoms with Crippen LogP contribution in [0.4, 0.5) is 16.2 Å². The Kier molecular flexibility index (Phi) is 9.92. The lowest BCUT2D eigenvalue weighted by atomic mass is 9.97. The van der Waals surface area contributed by atoms with Gasteiger partial charge < -0.3 is 10.5 Å². The number of nitro benzene ring substituents is 2. The highest BCUT2D eigenvalue weighted by molar-refractivity contribution is 6.06. The number of carbonyl (C=O) groups excluding carboxylic acids is 2. The second kappa shape index (κ2) is 12.1. The number of unbranched alkanes of at least 4 members (excludes halogenated alkanes) is 1. The lowest BCUT2D eigenvalue weighted by Crippen LogP contribution is -2.50. The van der Waals surface area contributed by atoms with E-state index in [4.69, 9.17) is 15.7 Å². The van der Waals surface area contributed by atoms with Gasteiger partial charge in [0.15, 0.2) is 11.3 Å². The smallest absolute Gasteiger partial charge is 0.423 e. The number of hydrogen-bond acceptors (Lipinski definition) is 11. The lowest BCUT2D eigenvalue weighted by molar-refractivity contribution is -0.394. The molecule has 0 aliphatic heterocycles. The number of ketones is 1. The van der Waals surface area contributed by atoms with Crippen molar-refractivity contribution in [2.45, 2.75) is 44.8 Å². The van der Waals surface area contributed by atoms with Gasteiger partial charge in [0.2, 0.25) is 0 Å². The van der Waals surface area contributed by atoms with Crippen molar-refractivity contribution in [2.75, 3.05) is 6.54 Å². The number of hydrazine groups is 1. The molecular weight excluding hydrogens is 416 g/mol. The van der Waals surface area contributed by atoms with Crippen LogP contribution < -0.4 is 11.2 Å². The summed E-state index contributed by atoms with van der Waals surface area (Å²) in [6.07, 6.45) is -1.59. The molecule has 1 aromatic rings. The standard InChI is InChI=1S/C17H22N6O8/c1-11(8-10-19)31-17(25)20-21(26)14(5-2-3-9-18)16(24)15-12(22(27)28)6-4-7-13(15)23(29)30/h4,6-7,11,14,26H,2-3,5,8-9,18H2,1H3,(H,20,25)/t11?,14-/m0/s1. The molecule has 0 bridgehead atoms. The molecular formula is C17H22N6O8. The molecule has 0 radical (unpaired) electrons. The Balaban J connectivity index is 3.25. The van der Waals surface area contributed by atoms with Crippen LogP contribution in [0.5, 0.6) is 0 Å². The zero-order valence-electron chi connectivity index (χ0n) is 16.6. The third-order valence-corrected chi connectivity index (χ3v) is 4.08. The molecule has 1 aromatic carbocycles. The lowest BCUT2D eigenvalue weighted by Gasteiger charge is -2.25. The molecule has 0 saturated carbocycles. The molecule has 14 nitrogen and oxygen atoms in total. The van der Waals surface area contributed by atoms with Gasteiger partial charge in [-0.05, 0) is 38.8 Å².